The van der Waals surface area contributed by atoms with Gasteiger partial charge in [0.05, 0.1) is 12.8 Å². The number of hydrogen-bond donors (Lipinski definition) is 0. The maximum Gasteiger partial charge on any atom is 0.267 e. The molecule has 1 unspecified atom stereocenters. The van der Waals surface area contributed by atoms with Crippen molar-refractivity contribution in [2.75, 3.05) is 13.7 Å². The van der Waals surface area contributed by atoms with Crippen LogP contribution in [0.3, 0.4) is 0 Å². The Morgan fingerprint density at radius 1 is 1.16 bits per heavy atom. The highest BCUT2D eigenvalue weighted by Crippen LogP contribution is 2.24. The van der Waals surface area contributed by atoms with E-state index >= 15 is 0 Å². The molecule has 25 heavy (non-hydrogen) atoms. The second-order valence-corrected chi connectivity index (χ2v) is 6.34. The number of fused-ring (bicyclic) bond motifs is 1. The second kappa shape index (κ2) is 6.59. The Kier molecular flexibility index (Phi) is 4.14. The van der Waals surface area contributed by atoms with Crippen LogP contribution < -0.4 is 4.74 Å². The van der Waals surface area contributed by atoms with E-state index in [1.165, 1.54) is 11.1 Å². The summed E-state index contributed by atoms with van der Waals surface area (Å²) in [5.41, 5.74) is 4.31. The first-order chi connectivity index (χ1) is 12.2. The maximum absolute atomic E-state index is 12.8. The molecule has 5 nitrogen and oxygen atoms in total. The van der Waals surface area contributed by atoms with Crippen LogP contribution >= 0.6 is 0 Å². The van der Waals surface area contributed by atoms with Crippen molar-refractivity contribution in [3.63, 3.8) is 0 Å². The van der Waals surface area contributed by atoms with Gasteiger partial charge in [-0.2, -0.15) is 0 Å². The number of ether oxygens (including phenoxy) is 1. The molecule has 0 aromatic heterocycles. The molecular weight excluding hydrogens is 316 g/mol. The molecule has 2 heterocycles. The van der Waals surface area contributed by atoms with Crippen LogP contribution in [0.25, 0.3) is 0 Å². The quantitative estimate of drug-likeness (QED) is 0.866. The summed E-state index contributed by atoms with van der Waals surface area (Å²) >= 11 is 0. The van der Waals surface area contributed by atoms with Gasteiger partial charge in [0.25, 0.3) is 5.91 Å². The third-order valence-corrected chi connectivity index (χ3v) is 4.81. The van der Waals surface area contributed by atoms with Gasteiger partial charge in [-0.3, -0.25) is 4.79 Å². The van der Waals surface area contributed by atoms with Crippen LogP contribution in [0, 0.1) is 0 Å². The molecule has 2 aliphatic rings. The zero-order valence-electron chi connectivity index (χ0n) is 14.1. The van der Waals surface area contributed by atoms with E-state index in [0.717, 1.165) is 30.0 Å². The minimum Gasteiger partial charge on any atom is -0.497 e. The second-order valence-electron chi connectivity index (χ2n) is 6.34. The van der Waals surface area contributed by atoms with Gasteiger partial charge in [-0.15, -0.1) is 0 Å². The smallest absolute Gasteiger partial charge is 0.267 e. The lowest BCUT2D eigenvalue weighted by Crippen LogP contribution is -2.42. The zero-order chi connectivity index (χ0) is 17.2. The average molecular weight is 336 g/mol. The Balaban J connectivity index is 1.41. The number of nitrogens with zero attached hydrogens (tertiary/aromatic N) is 2. The summed E-state index contributed by atoms with van der Waals surface area (Å²) < 4.78 is 5.17. The van der Waals surface area contributed by atoms with Crippen molar-refractivity contribution in [3.05, 3.63) is 65.2 Å². The first-order valence-electron chi connectivity index (χ1n) is 8.47. The van der Waals surface area contributed by atoms with Crippen molar-refractivity contribution in [1.82, 2.24) is 4.90 Å². The lowest BCUT2D eigenvalue weighted by atomic mass is 9.98. The molecule has 4 rings (SSSR count). The van der Waals surface area contributed by atoms with Gasteiger partial charge in [0.2, 0.25) is 6.10 Å². The minimum absolute atomic E-state index is 0.0155. The maximum atomic E-state index is 12.8. The number of carbonyl (C=O) groups excluding carboxylic acids is 1. The highest BCUT2D eigenvalue weighted by molar-refractivity contribution is 6.04. The molecule has 1 atom stereocenters. The first-order valence-corrected chi connectivity index (χ1v) is 8.47. The van der Waals surface area contributed by atoms with Crippen LogP contribution in [0.1, 0.15) is 23.1 Å². The van der Waals surface area contributed by atoms with Crippen molar-refractivity contribution < 1.29 is 14.4 Å². The fourth-order valence-corrected chi connectivity index (χ4v) is 3.35. The summed E-state index contributed by atoms with van der Waals surface area (Å²) in [5.74, 6) is 0.810. The lowest BCUT2D eigenvalue weighted by Gasteiger charge is -2.30. The van der Waals surface area contributed by atoms with Crippen molar-refractivity contribution >= 4 is 11.6 Å². The Morgan fingerprint density at radius 2 is 1.92 bits per heavy atom. The van der Waals surface area contributed by atoms with Crippen molar-refractivity contribution in [3.8, 4) is 5.75 Å². The first kappa shape index (κ1) is 15.7. The van der Waals surface area contributed by atoms with Gasteiger partial charge in [0.15, 0.2) is 0 Å². The number of methoxy groups -OCH3 is 1. The molecule has 1 amide bonds. The fourth-order valence-electron chi connectivity index (χ4n) is 3.35. The number of hydrogen-bond acceptors (Lipinski definition) is 4. The molecule has 2 aromatic rings. The average Bonchev–Trinajstić information content (AvgIpc) is 3.17. The predicted octanol–water partition coefficient (Wildman–Crippen LogP) is 2.77. The number of carbonyl (C=O) groups is 1. The van der Waals surface area contributed by atoms with Gasteiger partial charge < -0.3 is 14.5 Å². The number of oxime groups is 1. The summed E-state index contributed by atoms with van der Waals surface area (Å²) in [6.45, 7) is 1.38. The van der Waals surface area contributed by atoms with Gasteiger partial charge in [0, 0.05) is 19.5 Å². The van der Waals surface area contributed by atoms with E-state index < -0.39 is 6.10 Å². The fraction of sp³-hybridized carbons (Fsp3) is 0.300. The molecule has 0 N–H and O–H groups in total. The Bertz CT molecular complexity index is 814. The van der Waals surface area contributed by atoms with Gasteiger partial charge in [0.1, 0.15) is 5.75 Å². The van der Waals surface area contributed by atoms with E-state index in [1.54, 1.807) is 7.11 Å². The number of amides is 1. The lowest BCUT2D eigenvalue weighted by molar-refractivity contribution is -0.143. The Morgan fingerprint density at radius 3 is 2.68 bits per heavy atom. The van der Waals surface area contributed by atoms with E-state index in [-0.39, 0.29) is 5.91 Å². The third-order valence-electron chi connectivity index (χ3n) is 4.81. The molecule has 128 valence electrons. The molecule has 0 fully saturated rings. The summed E-state index contributed by atoms with van der Waals surface area (Å²) in [4.78, 5) is 20.1. The number of benzene rings is 2. The van der Waals surface area contributed by atoms with Crippen LogP contribution in [-0.4, -0.2) is 36.3 Å². The highest BCUT2D eigenvalue weighted by Gasteiger charge is 2.33. The summed E-state index contributed by atoms with van der Waals surface area (Å²) in [7, 11) is 1.64. The Hall–Kier alpha value is -2.82. The molecule has 0 saturated carbocycles. The highest BCUT2D eigenvalue weighted by atomic mass is 16.6. The largest absolute Gasteiger partial charge is 0.497 e. The minimum atomic E-state index is -0.526. The van der Waals surface area contributed by atoms with Gasteiger partial charge >= 0.3 is 0 Å². The van der Waals surface area contributed by atoms with Gasteiger partial charge in [-0.25, -0.2) is 0 Å². The van der Waals surface area contributed by atoms with Crippen molar-refractivity contribution in [1.29, 1.82) is 0 Å². The van der Waals surface area contributed by atoms with E-state index in [9.17, 15) is 4.79 Å². The van der Waals surface area contributed by atoms with E-state index in [1.807, 2.05) is 41.3 Å². The molecule has 0 radical (unpaired) electrons. The normalized spacial score (nSPS) is 19.0. The standard InChI is InChI=1S/C20H20N2O3/c1-24-17-8-6-15(7-9-17)18-12-19(25-21-18)20(23)22-11-10-14-4-2-3-5-16(14)13-22/h2-9,19H,10-13H2,1H3. The Labute approximate surface area is 146 Å². The van der Waals surface area contributed by atoms with Crippen LogP contribution in [0.15, 0.2) is 53.7 Å². The SMILES string of the molecule is COc1ccc(C2=NOC(C(=O)N3CCc4ccccc4C3)C2)cc1. The van der Waals surface area contributed by atoms with Crippen molar-refractivity contribution in [2.24, 2.45) is 5.16 Å². The third kappa shape index (κ3) is 3.09. The molecule has 5 heteroatoms. The number of rotatable bonds is 3. The summed E-state index contributed by atoms with van der Waals surface area (Å²) in [5, 5.41) is 4.13. The molecular formula is C20H20N2O3. The molecule has 2 aromatic carbocycles. The molecule has 2 aliphatic heterocycles. The topological polar surface area (TPSA) is 51.1 Å². The predicted molar refractivity (Wildman–Crippen MR) is 94.6 cm³/mol. The van der Waals surface area contributed by atoms with Crippen LogP contribution in [0.2, 0.25) is 0 Å². The summed E-state index contributed by atoms with van der Waals surface area (Å²) in [6, 6.07) is 15.9. The van der Waals surface area contributed by atoms with E-state index in [0.29, 0.717) is 13.0 Å². The van der Waals surface area contributed by atoms with Crippen LogP contribution in [0.4, 0.5) is 0 Å². The zero-order valence-corrected chi connectivity index (χ0v) is 14.1. The van der Waals surface area contributed by atoms with E-state index in [2.05, 4.69) is 17.3 Å². The summed E-state index contributed by atoms with van der Waals surface area (Å²) in [6.07, 6.45) is 0.867. The van der Waals surface area contributed by atoms with Crippen molar-refractivity contribution in [2.45, 2.75) is 25.5 Å². The molecule has 0 aliphatic carbocycles. The van der Waals surface area contributed by atoms with Crippen LogP contribution in [-0.2, 0) is 22.6 Å². The molecule has 0 bridgehead atoms. The van der Waals surface area contributed by atoms with E-state index in [4.69, 9.17) is 9.57 Å². The molecule has 0 spiro atoms. The van der Waals surface area contributed by atoms with Crippen LogP contribution in [0.5, 0.6) is 5.75 Å². The monoisotopic (exact) mass is 336 g/mol. The molecule has 0 saturated heterocycles. The van der Waals surface area contributed by atoms with Gasteiger partial charge in [-0.05, 0) is 47.4 Å². The van der Waals surface area contributed by atoms with Gasteiger partial charge in [-0.1, -0.05) is 29.4 Å².